The van der Waals surface area contributed by atoms with Gasteiger partial charge in [0, 0.05) is 33.7 Å². The van der Waals surface area contributed by atoms with Crippen molar-refractivity contribution in [1.29, 1.82) is 0 Å². The van der Waals surface area contributed by atoms with Crippen molar-refractivity contribution in [2.75, 3.05) is 29.7 Å². The molecule has 19 nitrogen and oxygen atoms in total. The third kappa shape index (κ3) is 26.2. The summed E-state index contributed by atoms with van der Waals surface area (Å²) in [5, 5.41) is 0.957. The molecule has 0 radical (unpaired) electrons. The lowest BCUT2D eigenvalue weighted by Crippen LogP contribution is -2.38. The van der Waals surface area contributed by atoms with Gasteiger partial charge in [-0.3, -0.25) is 13.3 Å². The highest BCUT2D eigenvalue weighted by Crippen LogP contribution is 2.38. The van der Waals surface area contributed by atoms with Crippen molar-refractivity contribution in [2.24, 2.45) is 0 Å². The molecule has 0 bridgehead atoms. The van der Waals surface area contributed by atoms with E-state index < -0.39 is 79.3 Å². The van der Waals surface area contributed by atoms with Gasteiger partial charge in [0.2, 0.25) is 0 Å². The van der Waals surface area contributed by atoms with Crippen molar-refractivity contribution in [1.82, 2.24) is 5.32 Å². The summed E-state index contributed by atoms with van der Waals surface area (Å²) in [4.78, 5) is 0.203. The van der Waals surface area contributed by atoms with Crippen LogP contribution >= 0.6 is 21.4 Å². The van der Waals surface area contributed by atoms with Gasteiger partial charge in [-0.15, -0.1) is 11.4 Å². The number of nitrogens with one attached hydrogen (secondary N) is 1. The zero-order valence-corrected chi connectivity index (χ0v) is 28.1. The van der Waals surface area contributed by atoms with Crippen molar-refractivity contribution in [3.63, 3.8) is 0 Å². The minimum atomic E-state index is -6.13. The van der Waals surface area contributed by atoms with Crippen LogP contribution in [0.25, 0.3) is 0 Å². The molecule has 1 unspecified atom stereocenters. The van der Waals surface area contributed by atoms with Crippen molar-refractivity contribution in [3.8, 4) is 0 Å². The summed E-state index contributed by atoms with van der Waals surface area (Å²) in [5.41, 5.74) is 0.623. The molecule has 0 saturated heterocycles. The van der Waals surface area contributed by atoms with E-state index in [9.17, 15) is 42.4 Å². The van der Waals surface area contributed by atoms with Gasteiger partial charge in [-0.25, -0.2) is 21.0 Å². The lowest BCUT2D eigenvalue weighted by Gasteiger charge is -2.29. The first-order valence-corrected chi connectivity index (χ1v) is 22.6. The molecule has 0 heterocycles. The number of hydrogen-bond donors (Lipinski definition) is 4. The van der Waals surface area contributed by atoms with Gasteiger partial charge in [0.25, 0.3) is 10.1 Å². The summed E-state index contributed by atoms with van der Waals surface area (Å²) >= 11 is -5.97. The van der Waals surface area contributed by atoms with E-state index in [0.29, 0.717) is 12.1 Å². The van der Waals surface area contributed by atoms with Gasteiger partial charge < -0.3 is 28.1 Å². The van der Waals surface area contributed by atoms with Gasteiger partial charge in [0.1, 0.15) is 0 Å². The molecule has 1 atom stereocenters. The maximum absolute atomic E-state index is 12.0. The van der Waals surface area contributed by atoms with Crippen LogP contribution in [0.2, 0.25) is 0 Å². The van der Waals surface area contributed by atoms with Crippen molar-refractivity contribution in [3.05, 3.63) is 29.8 Å². The maximum Gasteiger partial charge on any atom is 0.342 e. The Hall–Kier alpha value is -0.270. The molecule has 0 aliphatic rings. The Morgan fingerprint density at radius 1 is 0.929 bits per heavy atom. The first-order chi connectivity index (χ1) is 18.4. The first kappa shape index (κ1) is 46.2. The van der Waals surface area contributed by atoms with Crippen LogP contribution in [-0.2, 0) is 74.9 Å². The van der Waals surface area contributed by atoms with E-state index in [4.69, 9.17) is 35.7 Å². The number of rotatable bonds is 12. The molecule has 4 N–H and O–H groups in total. The SMILES string of the molecule is CCCNCCS(=O)(=O)c1ccc(CCS(=O)(=O)[O-])cc1.O=S(=O)(O)CS(=O)(O)(Cl)S(=O)(=O)Cl.O=S([O-])O.O=S([O-])[O-]. The molecular formula is C14H25Cl2NO18S7-4. The highest BCUT2D eigenvalue weighted by molar-refractivity contribution is 8.94. The number of hydrogen-bond acceptors (Lipinski definition) is 16. The van der Waals surface area contributed by atoms with Gasteiger partial charge in [-0.1, -0.05) is 19.1 Å². The average molecular weight is 791 g/mol. The second-order valence-corrected chi connectivity index (χ2v) is 23.9. The Bertz CT molecular complexity index is 1500. The Labute approximate surface area is 256 Å². The standard InChI is InChI=1S/C13H21NO5S2.CH4Cl2O7S3.2H2O3S/c1-2-8-14-9-11-20(15,16)13-5-3-12(4-6-13)7-10-21(17,18)19;2-12(7,8)13(3,9,10)1-11(4,5)6;2*1-4(2)3/h3-6,14H,2,7-11H2,1H3,(H,17,18,19);1H2,(H,9,10)(H,4,5,6);2*(H2,1,2,3)/p-4. The quantitative estimate of drug-likeness (QED) is 0.0624. The fourth-order valence-corrected chi connectivity index (χ4v) is 10.3. The molecule has 0 aromatic heterocycles. The highest BCUT2D eigenvalue weighted by atomic mass is 35.8. The van der Waals surface area contributed by atoms with Gasteiger partial charge in [-0.2, -0.15) is 21.0 Å². The van der Waals surface area contributed by atoms with Crippen LogP contribution in [0.15, 0.2) is 29.2 Å². The zero-order valence-electron chi connectivity index (χ0n) is 20.8. The summed E-state index contributed by atoms with van der Waals surface area (Å²) in [7, 11) is -15.0. The van der Waals surface area contributed by atoms with E-state index >= 15 is 0 Å². The number of aryl methyl sites for hydroxylation is 1. The second kappa shape index (κ2) is 19.3. The molecule has 0 saturated carbocycles. The molecule has 28 heteroatoms. The smallest absolute Gasteiger partial charge is 0.342 e. The van der Waals surface area contributed by atoms with Crippen LogP contribution in [0.4, 0.5) is 0 Å². The largest absolute Gasteiger partial charge is 0.784 e. The third-order valence-corrected chi connectivity index (χ3v) is 18.0. The summed E-state index contributed by atoms with van der Waals surface area (Å²) < 4.78 is 174. The van der Waals surface area contributed by atoms with Crippen LogP contribution in [0.3, 0.4) is 0 Å². The predicted molar refractivity (Wildman–Crippen MR) is 149 cm³/mol. The van der Waals surface area contributed by atoms with Crippen molar-refractivity contribution >= 4 is 89.8 Å². The Kier molecular flexibility index (Phi) is 21.2. The van der Waals surface area contributed by atoms with Crippen LogP contribution in [0, 0.1) is 0 Å². The number of sulfone groups is 1. The Morgan fingerprint density at radius 2 is 1.33 bits per heavy atom. The van der Waals surface area contributed by atoms with E-state index in [-0.39, 0.29) is 17.1 Å². The van der Waals surface area contributed by atoms with E-state index in [0.717, 1.165) is 13.0 Å². The van der Waals surface area contributed by atoms with E-state index in [2.05, 4.69) is 26.7 Å². The minimum Gasteiger partial charge on any atom is -0.784 e. The van der Waals surface area contributed by atoms with E-state index in [1.165, 1.54) is 24.3 Å². The van der Waals surface area contributed by atoms with Crippen LogP contribution in [0.5, 0.6) is 0 Å². The lowest BCUT2D eigenvalue weighted by atomic mass is 10.2. The molecule has 1 aromatic carbocycles. The van der Waals surface area contributed by atoms with E-state index in [1.807, 2.05) is 6.92 Å². The molecule has 0 amide bonds. The van der Waals surface area contributed by atoms with Crippen LogP contribution < -0.4 is 5.32 Å². The first-order valence-electron chi connectivity index (χ1n) is 9.97. The topological polar surface area (TPSA) is 353 Å². The fraction of sp³-hybridized carbons (Fsp3) is 0.571. The van der Waals surface area contributed by atoms with Gasteiger partial charge in [0.15, 0.2) is 14.9 Å². The summed E-state index contributed by atoms with van der Waals surface area (Å²) in [5.74, 6) is -0.471. The van der Waals surface area contributed by atoms with Crippen LogP contribution in [0.1, 0.15) is 18.9 Å². The normalized spacial score (nSPS) is 14.0. The van der Waals surface area contributed by atoms with Crippen molar-refractivity contribution in [2.45, 2.75) is 24.7 Å². The summed E-state index contributed by atoms with van der Waals surface area (Å²) in [6.07, 6.45) is 1.03. The minimum absolute atomic E-state index is 0.0152. The number of halogens is 2. The molecule has 0 aliphatic carbocycles. The maximum atomic E-state index is 12.0. The molecule has 1 aromatic rings. The third-order valence-electron chi connectivity index (χ3n) is 3.63. The molecule has 1 rings (SSSR count). The summed E-state index contributed by atoms with van der Waals surface area (Å²) in [6, 6.07) is 5.97. The fourth-order valence-electron chi connectivity index (χ4n) is 2.03. The molecule has 0 aliphatic heterocycles. The Balaban J connectivity index is -0.000000613. The number of benzene rings is 1. The second-order valence-electron chi connectivity index (χ2n) is 7.12. The average Bonchev–Trinajstić information content (AvgIpc) is 2.72. The van der Waals surface area contributed by atoms with Crippen LogP contribution in [-0.4, -0.2) is 108 Å². The lowest BCUT2D eigenvalue weighted by molar-refractivity contribution is 0.419. The molecule has 0 fully saturated rings. The van der Waals surface area contributed by atoms with E-state index in [1.54, 1.807) is 0 Å². The summed E-state index contributed by atoms with van der Waals surface area (Å²) in [6.45, 7) is 3.17. The Morgan fingerprint density at radius 3 is 1.62 bits per heavy atom. The monoisotopic (exact) mass is 789 g/mol. The molecule has 0 spiro atoms. The van der Waals surface area contributed by atoms with Gasteiger partial charge in [-0.05, 0) is 44.7 Å². The molecular weight excluding hydrogens is 766 g/mol. The van der Waals surface area contributed by atoms with Gasteiger partial charge >= 0.3 is 8.08 Å². The van der Waals surface area contributed by atoms with Crippen molar-refractivity contribution < 1.29 is 78.2 Å². The molecule has 42 heavy (non-hydrogen) atoms. The molecule has 254 valence electrons. The van der Waals surface area contributed by atoms with Gasteiger partial charge in [0.05, 0.1) is 32.1 Å². The predicted octanol–water partition coefficient (Wildman–Crippen LogP) is -1.36. The highest BCUT2D eigenvalue weighted by Gasteiger charge is 2.43. The zero-order chi connectivity index (χ0) is 34.2.